The zero-order valence-corrected chi connectivity index (χ0v) is 6.83. The van der Waals surface area contributed by atoms with Gasteiger partial charge in [-0.2, -0.15) is 12.6 Å². The van der Waals surface area contributed by atoms with Crippen LogP contribution in [0.2, 0.25) is 0 Å². The predicted molar refractivity (Wildman–Crippen MR) is 32.8 cm³/mol. The average molecular weight is 207 g/mol. The van der Waals surface area contributed by atoms with Crippen LogP contribution in [0.4, 0.5) is 0 Å². The molecule has 0 saturated heterocycles. The summed E-state index contributed by atoms with van der Waals surface area (Å²) in [6, 6.07) is 0. The van der Waals surface area contributed by atoms with E-state index < -0.39 is 20.7 Å². The summed E-state index contributed by atoms with van der Waals surface area (Å²) in [5, 5.41) is 0. The lowest BCUT2D eigenvalue weighted by molar-refractivity contribution is 0.207. The lowest BCUT2D eigenvalue weighted by Crippen LogP contribution is -2.11. The van der Waals surface area contributed by atoms with Crippen LogP contribution < -0.4 is 0 Å². The molecule has 0 heterocycles. The van der Waals surface area contributed by atoms with Crippen LogP contribution in [0.1, 0.15) is 0 Å². The smallest absolute Gasteiger partial charge is 0.277 e. The summed E-state index contributed by atoms with van der Waals surface area (Å²) in [5.74, 6) is 0. The first kappa shape index (κ1) is 10.7. The van der Waals surface area contributed by atoms with Crippen LogP contribution in [-0.4, -0.2) is 28.8 Å². The van der Waals surface area contributed by atoms with Crippen LogP contribution >= 0.6 is 0 Å². The Hall–Kier alpha value is -0.260. The van der Waals surface area contributed by atoms with Crippen LogP contribution in [0.15, 0.2) is 4.53 Å². The van der Waals surface area contributed by atoms with Gasteiger partial charge in [-0.15, -0.1) is 3.63 Å². The maximum absolute atomic E-state index is 10.3. The van der Waals surface area contributed by atoms with Gasteiger partial charge in [0.15, 0.2) is 0 Å². The topological polar surface area (TPSA) is 122 Å². The second-order valence-corrected chi connectivity index (χ2v) is 3.65. The van der Waals surface area contributed by atoms with E-state index in [4.69, 9.17) is 9.11 Å². The third-order valence-electron chi connectivity index (χ3n) is 0.343. The summed E-state index contributed by atoms with van der Waals surface area (Å²) in [7, 11) is -8.57. The SMILES string of the molecule is CON=S(=O)(O)OS(=O)(=O)O. The van der Waals surface area contributed by atoms with Gasteiger partial charge in [0.2, 0.25) is 0 Å². The number of hydrogen-bond acceptors (Lipinski definition) is 6. The Morgan fingerprint density at radius 2 is 1.73 bits per heavy atom. The quantitative estimate of drug-likeness (QED) is 0.459. The maximum atomic E-state index is 10.3. The molecule has 0 aromatic carbocycles. The summed E-state index contributed by atoms with van der Waals surface area (Å²) in [6.45, 7) is 0. The van der Waals surface area contributed by atoms with Crippen LogP contribution in [0.5, 0.6) is 0 Å². The van der Waals surface area contributed by atoms with Crippen molar-refractivity contribution in [3.05, 3.63) is 0 Å². The minimum Gasteiger partial charge on any atom is -0.277 e. The van der Waals surface area contributed by atoms with E-state index >= 15 is 0 Å². The Balaban J connectivity index is 4.66. The number of nitrogens with zero attached hydrogens (tertiary/aromatic N) is 1. The Kier molecular flexibility index (Phi) is 3.34. The highest BCUT2D eigenvalue weighted by atomic mass is 32.3. The van der Waals surface area contributed by atoms with E-state index in [0.717, 1.165) is 7.11 Å². The molecule has 0 saturated carbocycles. The van der Waals surface area contributed by atoms with E-state index in [1.165, 1.54) is 0 Å². The predicted octanol–water partition coefficient (Wildman–Crippen LogP) is -0.777. The lowest BCUT2D eigenvalue weighted by atomic mass is 11.7. The normalized spacial score (nSPS) is 17.4. The van der Waals surface area contributed by atoms with E-state index in [9.17, 15) is 12.6 Å². The van der Waals surface area contributed by atoms with Gasteiger partial charge in [0.05, 0.1) is 7.11 Å². The van der Waals surface area contributed by atoms with Crippen molar-refractivity contribution in [2.24, 2.45) is 4.53 Å². The van der Waals surface area contributed by atoms with Crippen LogP contribution in [0.3, 0.4) is 0 Å². The lowest BCUT2D eigenvalue weighted by Gasteiger charge is -1.96. The first-order valence-corrected chi connectivity index (χ1v) is 4.73. The molecule has 0 aliphatic heterocycles. The largest absolute Gasteiger partial charge is 0.412 e. The van der Waals surface area contributed by atoms with Crippen molar-refractivity contribution < 1.29 is 30.2 Å². The van der Waals surface area contributed by atoms with Crippen molar-refractivity contribution in [1.82, 2.24) is 0 Å². The third-order valence-corrected chi connectivity index (χ3v) is 2.08. The van der Waals surface area contributed by atoms with E-state index in [0.29, 0.717) is 0 Å². The molecule has 0 aromatic heterocycles. The van der Waals surface area contributed by atoms with E-state index in [1.807, 2.05) is 0 Å². The van der Waals surface area contributed by atoms with Gasteiger partial charge in [-0.25, -0.2) is 4.84 Å². The van der Waals surface area contributed by atoms with Crippen molar-refractivity contribution in [3.63, 3.8) is 0 Å². The molecular weight excluding hydrogens is 202 g/mol. The highest BCUT2D eigenvalue weighted by Gasteiger charge is 2.15. The average Bonchev–Trinajstić information content (AvgIpc) is 1.55. The van der Waals surface area contributed by atoms with Crippen molar-refractivity contribution in [2.45, 2.75) is 0 Å². The van der Waals surface area contributed by atoms with Gasteiger partial charge >= 0.3 is 20.7 Å². The molecule has 8 nitrogen and oxygen atoms in total. The molecule has 0 rings (SSSR count). The summed E-state index contributed by atoms with van der Waals surface area (Å²) in [5.41, 5.74) is 0. The molecule has 0 radical (unpaired) electrons. The molecule has 68 valence electrons. The van der Waals surface area contributed by atoms with Gasteiger partial charge in [-0.05, 0) is 4.53 Å². The fourth-order valence-corrected chi connectivity index (χ4v) is 1.40. The minimum absolute atomic E-state index is 0.906. The molecule has 2 N–H and O–H groups in total. The molecule has 10 heteroatoms. The molecule has 11 heavy (non-hydrogen) atoms. The van der Waals surface area contributed by atoms with Gasteiger partial charge in [-0.3, -0.25) is 9.11 Å². The summed E-state index contributed by atoms with van der Waals surface area (Å²) in [6.07, 6.45) is 0. The summed E-state index contributed by atoms with van der Waals surface area (Å²) >= 11 is 0. The molecular formula is CH5NO7S2. The molecule has 0 aliphatic rings. The Morgan fingerprint density at radius 3 is 2.00 bits per heavy atom. The zero-order chi connectivity index (χ0) is 9.12. The molecule has 0 aromatic rings. The van der Waals surface area contributed by atoms with Gasteiger partial charge in [0, 0.05) is 0 Å². The van der Waals surface area contributed by atoms with Gasteiger partial charge < -0.3 is 0 Å². The maximum Gasteiger partial charge on any atom is 0.412 e. The Labute approximate surface area is 63.2 Å². The van der Waals surface area contributed by atoms with Crippen LogP contribution in [-0.2, 0) is 29.2 Å². The standard InChI is InChI=1S/CH5NO7S2/c1-8-2-10(3,4)9-11(5,6)7/h1H3,(H,2,3,4)(H,5,6,7). The van der Waals surface area contributed by atoms with Crippen LogP contribution in [0.25, 0.3) is 0 Å². The molecule has 1 unspecified atom stereocenters. The molecule has 0 spiro atoms. The monoisotopic (exact) mass is 207 g/mol. The zero-order valence-electron chi connectivity index (χ0n) is 5.20. The fourth-order valence-electron chi connectivity index (χ4n) is 0.219. The molecule has 0 fully saturated rings. The number of rotatable bonds is 3. The molecule has 0 bridgehead atoms. The summed E-state index contributed by atoms with van der Waals surface area (Å²) in [4.78, 5) is 3.75. The Bertz CT molecular complexity index is 318. The minimum atomic E-state index is -5.00. The van der Waals surface area contributed by atoms with Gasteiger partial charge in [0.1, 0.15) is 0 Å². The van der Waals surface area contributed by atoms with E-state index in [2.05, 4.69) is 13.0 Å². The van der Waals surface area contributed by atoms with Crippen molar-refractivity contribution in [1.29, 1.82) is 0 Å². The molecule has 0 aliphatic carbocycles. The highest BCUT2D eigenvalue weighted by Crippen LogP contribution is 1.98. The first-order chi connectivity index (χ1) is 4.77. The van der Waals surface area contributed by atoms with Crippen molar-refractivity contribution in [2.75, 3.05) is 7.11 Å². The van der Waals surface area contributed by atoms with Crippen molar-refractivity contribution >= 4 is 20.7 Å². The highest BCUT2D eigenvalue weighted by molar-refractivity contribution is 7.95. The van der Waals surface area contributed by atoms with Gasteiger partial charge in [-0.1, -0.05) is 0 Å². The first-order valence-electron chi connectivity index (χ1n) is 1.97. The third kappa shape index (κ3) is 6.15. The molecule has 0 amide bonds. The number of hydrogen-bond donors (Lipinski definition) is 2. The fraction of sp³-hybridized carbons (Fsp3) is 1.00. The van der Waals surface area contributed by atoms with E-state index in [-0.39, 0.29) is 0 Å². The van der Waals surface area contributed by atoms with E-state index in [1.54, 1.807) is 0 Å². The second-order valence-electron chi connectivity index (χ2n) is 1.20. The molecule has 1 atom stereocenters. The second kappa shape index (κ2) is 3.42. The van der Waals surface area contributed by atoms with Crippen LogP contribution in [0, 0.1) is 0 Å². The Morgan fingerprint density at radius 1 is 1.27 bits per heavy atom. The van der Waals surface area contributed by atoms with Gasteiger partial charge in [0.25, 0.3) is 0 Å². The van der Waals surface area contributed by atoms with Crippen molar-refractivity contribution in [3.8, 4) is 0 Å². The summed E-state index contributed by atoms with van der Waals surface area (Å²) < 4.78 is 51.7.